The number of carbonyl (C=O) groups excluding carboxylic acids is 3. The number of fused-ring (bicyclic) bond motifs is 1. The number of anilines is 1. The Hall–Kier alpha value is -4.12. The predicted molar refractivity (Wildman–Crippen MR) is 159 cm³/mol. The number of methoxy groups -OCH3 is 1. The SMILES string of the molecule is COc1ccc2c(n1)CCN(C(=O)[C@H]1C[C@@H]1CC(=O)OCc1ccccc1)[C@H]2C(=O)Nc1cc(F)c([Si](C)(C)C)c(F)c1. The van der Waals surface area contributed by atoms with Crippen molar-refractivity contribution in [2.45, 2.75) is 51.6 Å². The first-order chi connectivity index (χ1) is 20.5. The van der Waals surface area contributed by atoms with Gasteiger partial charge in [-0.05, 0) is 36.1 Å². The molecule has 1 aromatic heterocycles. The molecule has 1 N–H and O–H groups in total. The molecule has 3 atom stereocenters. The summed E-state index contributed by atoms with van der Waals surface area (Å²) < 4.78 is 40.5. The lowest BCUT2D eigenvalue weighted by Gasteiger charge is -2.36. The molecule has 0 unspecified atom stereocenters. The summed E-state index contributed by atoms with van der Waals surface area (Å²) in [5, 5.41) is 2.69. The number of halogens is 2. The number of carbonyl (C=O) groups is 3. The molecule has 5 rings (SSSR count). The smallest absolute Gasteiger partial charge is 0.306 e. The summed E-state index contributed by atoms with van der Waals surface area (Å²) >= 11 is 0. The average Bonchev–Trinajstić information content (AvgIpc) is 3.72. The fourth-order valence-corrected chi connectivity index (χ4v) is 7.25. The highest BCUT2D eigenvalue weighted by atomic mass is 28.3. The van der Waals surface area contributed by atoms with Crippen molar-refractivity contribution in [1.29, 1.82) is 0 Å². The first kappa shape index (κ1) is 30.3. The van der Waals surface area contributed by atoms with Crippen molar-refractivity contribution in [1.82, 2.24) is 9.88 Å². The molecule has 1 fully saturated rings. The Bertz CT molecular complexity index is 1520. The van der Waals surface area contributed by atoms with E-state index < -0.39 is 37.6 Å². The number of hydrogen-bond donors (Lipinski definition) is 1. The number of hydrogen-bond acceptors (Lipinski definition) is 6. The van der Waals surface area contributed by atoms with Gasteiger partial charge in [-0.1, -0.05) is 50.0 Å². The van der Waals surface area contributed by atoms with E-state index in [0.717, 1.165) is 17.7 Å². The molecular formula is C32H35F2N3O5Si. The van der Waals surface area contributed by atoms with Gasteiger partial charge in [0.2, 0.25) is 11.8 Å². The zero-order chi connectivity index (χ0) is 30.9. The number of benzene rings is 2. The van der Waals surface area contributed by atoms with Crippen LogP contribution in [0.5, 0.6) is 5.88 Å². The number of pyridine rings is 1. The second-order valence-corrected chi connectivity index (χ2v) is 17.1. The Morgan fingerprint density at radius 3 is 2.40 bits per heavy atom. The summed E-state index contributed by atoms with van der Waals surface area (Å²) in [4.78, 5) is 45.9. The van der Waals surface area contributed by atoms with Gasteiger partial charge in [-0.3, -0.25) is 14.4 Å². The van der Waals surface area contributed by atoms with E-state index in [-0.39, 0.29) is 48.2 Å². The van der Waals surface area contributed by atoms with E-state index in [1.165, 1.54) is 12.0 Å². The Morgan fingerprint density at radius 2 is 1.74 bits per heavy atom. The van der Waals surface area contributed by atoms with Crippen molar-refractivity contribution >= 4 is 36.7 Å². The first-order valence-corrected chi connectivity index (χ1v) is 17.8. The monoisotopic (exact) mass is 607 g/mol. The van der Waals surface area contributed by atoms with Gasteiger partial charge >= 0.3 is 5.97 Å². The molecule has 3 aromatic rings. The lowest BCUT2D eigenvalue weighted by Crippen LogP contribution is -2.46. The van der Waals surface area contributed by atoms with Crippen molar-refractivity contribution in [2.24, 2.45) is 11.8 Å². The molecule has 2 aromatic carbocycles. The molecule has 0 bridgehead atoms. The molecule has 226 valence electrons. The lowest BCUT2D eigenvalue weighted by atomic mass is 9.95. The predicted octanol–water partition coefficient (Wildman–Crippen LogP) is 4.75. The topological polar surface area (TPSA) is 97.8 Å². The molecule has 1 aliphatic carbocycles. The van der Waals surface area contributed by atoms with Crippen LogP contribution in [0.4, 0.5) is 14.5 Å². The third-order valence-corrected chi connectivity index (χ3v) is 9.87. The summed E-state index contributed by atoms with van der Waals surface area (Å²) in [6, 6.07) is 13.8. The van der Waals surface area contributed by atoms with Gasteiger partial charge in [-0.15, -0.1) is 0 Å². The minimum atomic E-state index is -2.32. The Balaban J connectivity index is 1.33. The molecule has 0 saturated heterocycles. The minimum absolute atomic E-state index is 0.0338. The van der Waals surface area contributed by atoms with E-state index >= 15 is 0 Å². The Morgan fingerprint density at radius 1 is 1.05 bits per heavy atom. The highest BCUT2D eigenvalue weighted by molar-refractivity contribution is 6.88. The number of rotatable bonds is 9. The van der Waals surface area contributed by atoms with Crippen LogP contribution in [0.25, 0.3) is 0 Å². The molecule has 1 aliphatic heterocycles. The second-order valence-electron chi connectivity index (χ2n) is 12.1. The van der Waals surface area contributed by atoms with Gasteiger partial charge in [-0.2, -0.15) is 0 Å². The molecular weight excluding hydrogens is 572 g/mol. The lowest BCUT2D eigenvalue weighted by molar-refractivity contribution is -0.146. The molecule has 8 nitrogen and oxygen atoms in total. The summed E-state index contributed by atoms with van der Waals surface area (Å²) in [5.41, 5.74) is 1.96. The van der Waals surface area contributed by atoms with Crippen molar-refractivity contribution in [2.75, 3.05) is 19.0 Å². The number of esters is 1. The van der Waals surface area contributed by atoms with Crippen LogP contribution in [0, 0.1) is 23.5 Å². The van der Waals surface area contributed by atoms with E-state index in [2.05, 4.69) is 10.3 Å². The van der Waals surface area contributed by atoms with Crippen molar-refractivity contribution in [3.8, 4) is 5.88 Å². The van der Waals surface area contributed by atoms with Crippen LogP contribution in [0.2, 0.25) is 19.6 Å². The van der Waals surface area contributed by atoms with Crippen molar-refractivity contribution < 1.29 is 32.6 Å². The number of ether oxygens (including phenoxy) is 2. The van der Waals surface area contributed by atoms with Gasteiger partial charge in [0.25, 0.3) is 5.91 Å². The van der Waals surface area contributed by atoms with Crippen LogP contribution in [-0.4, -0.2) is 49.4 Å². The zero-order valence-corrected chi connectivity index (χ0v) is 25.7. The van der Waals surface area contributed by atoms with E-state index in [1.54, 1.807) is 12.1 Å². The molecule has 0 radical (unpaired) electrons. The molecule has 0 spiro atoms. The fourth-order valence-electron chi connectivity index (χ4n) is 5.67. The van der Waals surface area contributed by atoms with Gasteiger partial charge in [0.05, 0.1) is 20.9 Å². The largest absolute Gasteiger partial charge is 0.481 e. The normalized spacial score (nSPS) is 19.3. The van der Waals surface area contributed by atoms with Crippen molar-refractivity contribution in [3.05, 3.63) is 83.1 Å². The second kappa shape index (κ2) is 12.2. The van der Waals surface area contributed by atoms with Crippen LogP contribution in [0.15, 0.2) is 54.6 Å². The van der Waals surface area contributed by atoms with Crippen LogP contribution >= 0.6 is 0 Å². The van der Waals surface area contributed by atoms with E-state index in [1.807, 2.05) is 50.0 Å². The van der Waals surface area contributed by atoms with E-state index in [9.17, 15) is 23.2 Å². The summed E-state index contributed by atoms with van der Waals surface area (Å²) in [5.74, 6) is -2.92. The molecule has 2 aliphatic rings. The van der Waals surface area contributed by atoms with Gasteiger partial charge in [0.1, 0.15) is 24.3 Å². The summed E-state index contributed by atoms with van der Waals surface area (Å²) in [6.45, 7) is 5.88. The maximum absolute atomic E-state index is 15.0. The maximum Gasteiger partial charge on any atom is 0.306 e. The number of nitrogens with zero attached hydrogens (tertiary/aromatic N) is 2. The van der Waals surface area contributed by atoms with Gasteiger partial charge in [0.15, 0.2) is 0 Å². The Labute approximate surface area is 250 Å². The van der Waals surface area contributed by atoms with E-state index in [0.29, 0.717) is 30.0 Å². The fraction of sp³-hybridized carbons (Fsp3) is 0.375. The van der Waals surface area contributed by atoms with Crippen molar-refractivity contribution in [3.63, 3.8) is 0 Å². The first-order valence-electron chi connectivity index (χ1n) is 14.3. The van der Waals surface area contributed by atoms with Crippen LogP contribution in [0.1, 0.15) is 35.7 Å². The summed E-state index contributed by atoms with van der Waals surface area (Å²) in [7, 11) is -0.827. The minimum Gasteiger partial charge on any atom is -0.481 e. The maximum atomic E-state index is 15.0. The molecule has 2 heterocycles. The molecule has 11 heteroatoms. The van der Waals surface area contributed by atoms with E-state index in [4.69, 9.17) is 9.47 Å². The summed E-state index contributed by atoms with van der Waals surface area (Å²) in [6.07, 6.45) is 1.00. The highest BCUT2D eigenvalue weighted by Crippen LogP contribution is 2.45. The number of amides is 2. The average molecular weight is 608 g/mol. The van der Waals surface area contributed by atoms with Crippen LogP contribution in [-0.2, 0) is 32.1 Å². The molecule has 1 saturated carbocycles. The highest BCUT2D eigenvalue weighted by Gasteiger charge is 2.49. The third kappa shape index (κ3) is 6.77. The van der Waals surface area contributed by atoms with Crippen LogP contribution < -0.4 is 15.2 Å². The number of aromatic nitrogens is 1. The quantitative estimate of drug-likeness (QED) is 0.279. The number of nitrogens with one attached hydrogen (secondary N) is 1. The Kier molecular flexibility index (Phi) is 8.63. The standard InChI is InChI=1S/C32H35F2N3O5Si/c1-41-27-11-10-22-26(36-27)12-13-37(29(22)31(39)35-21-16-24(33)30(25(34)17-21)43(2,3)4)32(40)23-14-20(23)15-28(38)42-18-19-8-6-5-7-9-19/h5-11,16-17,20,23,29H,12-15,18H2,1-4H3,(H,35,39)/t20-,23+,29-/m1/s1. The molecule has 43 heavy (non-hydrogen) atoms. The third-order valence-electron chi connectivity index (χ3n) is 7.89. The van der Waals surface area contributed by atoms with Gasteiger partial charge in [-0.25, -0.2) is 13.8 Å². The zero-order valence-electron chi connectivity index (χ0n) is 24.7. The van der Waals surface area contributed by atoms with Gasteiger partial charge in [0, 0.05) is 47.8 Å². The van der Waals surface area contributed by atoms with Crippen LogP contribution in [0.3, 0.4) is 0 Å². The molecule has 2 amide bonds. The van der Waals surface area contributed by atoms with Gasteiger partial charge < -0.3 is 19.7 Å².